The van der Waals surface area contributed by atoms with Crippen LogP contribution >= 0.6 is 0 Å². The largest absolute Gasteiger partial charge is 0.489 e. The summed E-state index contributed by atoms with van der Waals surface area (Å²) in [5.74, 6) is 0.693. The van der Waals surface area contributed by atoms with E-state index < -0.39 is 0 Å². The zero-order valence-corrected chi connectivity index (χ0v) is 18.5. The molecule has 1 amide bonds. The Morgan fingerprint density at radius 3 is 2.41 bits per heavy atom. The summed E-state index contributed by atoms with van der Waals surface area (Å²) in [6.45, 7) is 4.54. The molecule has 6 nitrogen and oxygen atoms in total. The molecule has 6 heteroatoms. The van der Waals surface area contributed by atoms with Crippen LogP contribution in [0.25, 0.3) is 0 Å². The van der Waals surface area contributed by atoms with Crippen LogP contribution in [0.2, 0.25) is 0 Å². The van der Waals surface area contributed by atoms with Gasteiger partial charge >= 0.3 is 0 Å². The number of piperidine rings is 1. The Kier molecular flexibility index (Phi) is 7.23. The fourth-order valence-electron chi connectivity index (χ4n) is 3.77. The van der Waals surface area contributed by atoms with Crippen molar-refractivity contribution in [1.82, 2.24) is 4.98 Å². The smallest absolute Gasteiger partial charge is 0.246 e. The number of amides is 1. The molecule has 0 aliphatic carbocycles. The van der Waals surface area contributed by atoms with Crippen LogP contribution in [0.5, 0.6) is 5.75 Å². The number of carbonyl (C=O) groups excluding carboxylic acids is 1. The third-order valence-electron chi connectivity index (χ3n) is 5.62. The van der Waals surface area contributed by atoms with Crippen LogP contribution in [-0.4, -0.2) is 30.0 Å². The van der Waals surface area contributed by atoms with Crippen molar-refractivity contribution in [3.05, 3.63) is 78.6 Å². The van der Waals surface area contributed by atoms with E-state index in [-0.39, 0.29) is 11.9 Å². The topological polar surface area (TPSA) is 66.5 Å². The second-order valence-corrected chi connectivity index (χ2v) is 8.12. The lowest BCUT2D eigenvalue weighted by atomic mass is 10.1. The van der Waals surface area contributed by atoms with Gasteiger partial charge in [-0.2, -0.15) is 0 Å². The molecule has 1 atom stereocenters. The molecule has 2 N–H and O–H groups in total. The van der Waals surface area contributed by atoms with Crippen LogP contribution in [-0.2, 0) is 11.4 Å². The molecule has 1 fully saturated rings. The molecule has 2 heterocycles. The Bertz CT molecular complexity index is 985. The molecule has 4 rings (SSSR count). The van der Waals surface area contributed by atoms with E-state index in [1.165, 1.54) is 24.9 Å². The highest BCUT2D eigenvalue weighted by molar-refractivity contribution is 5.96. The van der Waals surface area contributed by atoms with Crippen molar-refractivity contribution in [3.63, 3.8) is 0 Å². The second kappa shape index (κ2) is 10.7. The van der Waals surface area contributed by atoms with Crippen LogP contribution < -0.4 is 20.3 Å². The van der Waals surface area contributed by atoms with Crippen molar-refractivity contribution < 1.29 is 9.53 Å². The van der Waals surface area contributed by atoms with E-state index in [0.717, 1.165) is 35.8 Å². The number of hydrogen-bond donors (Lipinski definition) is 2. The van der Waals surface area contributed by atoms with Gasteiger partial charge in [0.05, 0.1) is 0 Å². The molecule has 1 aromatic heterocycles. The summed E-state index contributed by atoms with van der Waals surface area (Å²) >= 11 is 0. The van der Waals surface area contributed by atoms with Gasteiger partial charge in [-0.05, 0) is 80.8 Å². The average molecular weight is 431 g/mol. The molecule has 1 saturated heterocycles. The molecule has 0 bridgehead atoms. The zero-order valence-electron chi connectivity index (χ0n) is 18.5. The lowest BCUT2D eigenvalue weighted by Crippen LogP contribution is -2.32. The molecular weight excluding hydrogens is 400 g/mol. The van der Waals surface area contributed by atoms with Crippen molar-refractivity contribution in [2.45, 2.75) is 38.8 Å². The number of rotatable bonds is 8. The van der Waals surface area contributed by atoms with E-state index in [1.807, 2.05) is 55.5 Å². The molecule has 2 aromatic carbocycles. The summed E-state index contributed by atoms with van der Waals surface area (Å²) in [5, 5.41) is 6.23. The number of carbonyl (C=O) groups is 1. The minimum absolute atomic E-state index is 0.0763. The monoisotopic (exact) mass is 430 g/mol. The first-order valence-corrected chi connectivity index (χ1v) is 11.2. The number of benzene rings is 2. The third-order valence-corrected chi connectivity index (χ3v) is 5.62. The van der Waals surface area contributed by atoms with E-state index in [0.29, 0.717) is 6.61 Å². The first kappa shape index (κ1) is 21.7. The lowest BCUT2D eigenvalue weighted by Gasteiger charge is -2.28. The number of nitrogens with one attached hydrogen (secondary N) is 2. The molecule has 1 unspecified atom stereocenters. The molecule has 1 aliphatic rings. The van der Waals surface area contributed by atoms with E-state index in [4.69, 9.17) is 4.74 Å². The number of ether oxygens (including phenoxy) is 1. The highest BCUT2D eigenvalue weighted by Gasteiger charge is 2.14. The Hall–Kier alpha value is -3.54. The van der Waals surface area contributed by atoms with Gasteiger partial charge in [-0.3, -0.25) is 9.78 Å². The van der Waals surface area contributed by atoms with Crippen molar-refractivity contribution in [3.8, 4) is 5.75 Å². The van der Waals surface area contributed by atoms with E-state index in [1.54, 1.807) is 12.4 Å². The van der Waals surface area contributed by atoms with E-state index in [9.17, 15) is 4.79 Å². The summed E-state index contributed by atoms with van der Waals surface area (Å²) in [4.78, 5) is 19.1. The number of nitrogens with zero attached hydrogens (tertiary/aromatic N) is 2. The molecule has 0 spiro atoms. The molecule has 3 aromatic rings. The fourth-order valence-corrected chi connectivity index (χ4v) is 3.77. The van der Waals surface area contributed by atoms with Gasteiger partial charge in [-0.1, -0.05) is 6.07 Å². The van der Waals surface area contributed by atoms with Gasteiger partial charge in [0.25, 0.3) is 0 Å². The molecular formula is C26H30N4O2. The number of aromatic nitrogens is 1. The van der Waals surface area contributed by atoms with E-state index in [2.05, 4.69) is 32.7 Å². The first-order valence-electron chi connectivity index (χ1n) is 11.2. The lowest BCUT2D eigenvalue weighted by molar-refractivity contribution is -0.116. The van der Waals surface area contributed by atoms with Crippen molar-refractivity contribution in [1.29, 1.82) is 0 Å². The van der Waals surface area contributed by atoms with Crippen molar-refractivity contribution in [2.24, 2.45) is 0 Å². The van der Waals surface area contributed by atoms with Gasteiger partial charge in [0, 0.05) is 48.1 Å². The fraction of sp³-hybridized carbons (Fsp3) is 0.308. The summed E-state index contributed by atoms with van der Waals surface area (Å²) in [7, 11) is 0. The highest BCUT2D eigenvalue weighted by Crippen LogP contribution is 2.22. The van der Waals surface area contributed by atoms with Crippen LogP contribution in [0.3, 0.4) is 0 Å². The molecule has 0 saturated carbocycles. The van der Waals surface area contributed by atoms with Crippen LogP contribution in [0, 0.1) is 0 Å². The van der Waals surface area contributed by atoms with E-state index >= 15 is 0 Å². The zero-order chi connectivity index (χ0) is 22.2. The van der Waals surface area contributed by atoms with Crippen LogP contribution in [0.4, 0.5) is 17.1 Å². The number of anilines is 3. The van der Waals surface area contributed by atoms with Gasteiger partial charge in [0.2, 0.25) is 5.91 Å². The summed E-state index contributed by atoms with van der Waals surface area (Å²) < 4.78 is 5.78. The second-order valence-electron chi connectivity index (χ2n) is 8.12. The number of pyridine rings is 1. The Morgan fingerprint density at radius 2 is 1.72 bits per heavy atom. The number of hydrogen-bond acceptors (Lipinski definition) is 5. The SMILES string of the molecule is CC(Nc1ccc(OCc2cccnc2)cc1)C(=O)Nc1ccc(N2CCCCC2)cc1. The summed E-state index contributed by atoms with van der Waals surface area (Å²) in [6.07, 6.45) is 7.35. The maximum Gasteiger partial charge on any atom is 0.246 e. The predicted molar refractivity (Wildman–Crippen MR) is 129 cm³/mol. The summed E-state index contributed by atoms with van der Waals surface area (Å²) in [6, 6.07) is 19.2. The third kappa shape index (κ3) is 6.00. The van der Waals surface area contributed by atoms with Gasteiger partial charge in [-0.15, -0.1) is 0 Å². The van der Waals surface area contributed by atoms with Gasteiger partial charge in [-0.25, -0.2) is 0 Å². The molecule has 0 radical (unpaired) electrons. The highest BCUT2D eigenvalue weighted by atomic mass is 16.5. The molecule has 32 heavy (non-hydrogen) atoms. The predicted octanol–water partition coefficient (Wildman–Crippen LogP) is 5.09. The van der Waals surface area contributed by atoms with Crippen molar-refractivity contribution >= 4 is 23.0 Å². The maximum absolute atomic E-state index is 12.6. The first-order chi connectivity index (χ1) is 15.7. The van der Waals surface area contributed by atoms with Gasteiger partial charge in [0.1, 0.15) is 18.4 Å². The molecule has 1 aliphatic heterocycles. The Balaban J connectivity index is 1.25. The van der Waals surface area contributed by atoms with Gasteiger partial charge in [0.15, 0.2) is 0 Å². The normalized spacial score (nSPS) is 14.5. The summed E-state index contributed by atoms with van der Waals surface area (Å²) in [5.41, 5.74) is 3.91. The minimum Gasteiger partial charge on any atom is -0.489 e. The van der Waals surface area contributed by atoms with Gasteiger partial charge < -0.3 is 20.3 Å². The Labute approximate surface area is 189 Å². The van der Waals surface area contributed by atoms with Crippen molar-refractivity contribution in [2.75, 3.05) is 28.6 Å². The van der Waals surface area contributed by atoms with Crippen LogP contribution in [0.15, 0.2) is 73.1 Å². The maximum atomic E-state index is 12.6. The van der Waals surface area contributed by atoms with Crippen LogP contribution in [0.1, 0.15) is 31.7 Å². The quantitative estimate of drug-likeness (QED) is 0.521. The minimum atomic E-state index is -0.376. The standard InChI is InChI=1S/C26H30N4O2/c1-20(26(31)29-23-7-11-24(12-8-23)30-16-3-2-4-17-30)28-22-9-13-25(14-10-22)32-19-21-6-5-15-27-18-21/h5-15,18,20,28H,2-4,16-17,19H2,1H3,(H,29,31). The Morgan fingerprint density at radius 1 is 1.00 bits per heavy atom. The average Bonchev–Trinajstić information content (AvgIpc) is 2.85. The molecule has 166 valence electrons.